The minimum Gasteiger partial charge on any atom is -0.294 e. The van der Waals surface area contributed by atoms with Crippen molar-refractivity contribution in [1.82, 2.24) is 14.8 Å². The Morgan fingerprint density at radius 2 is 2.06 bits per heavy atom. The van der Waals surface area contributed by atoms with Gasteiger partial charge < -0.3 is 0 Å². The van der Waals surface area contributed by atoms with E-state index >= 15 is 0 Å². The van der Waals surface area contributed by atoms with Crippen LogP contribution in [0.25, 0.3) is 0 Å². The molecule has 2 rings (SSSR count). The molecule has 5 heteroatoms. The topological polar surface area (TPSA) is 64.8 Å². The molecule has 0 saturated carbocycles. The van der Waals surface area contributed by atoms with Gasteiger partial charge in [-0.2, -0.15) is 5.10 Å². The fraction of sp³-hybridized carbons (Fsp3) is 0.231. The maximum absolute atomic E-state index is 12.0. The molecule has 2 aromatic rings. The molecule has 2 heterocycles. The van der Waals surface area contributed by atoms with E-state index in [1.165, 1.54) is 6.20 Å². The second-order valence-electron chi connectivity index (χ2n) is 4.04. The van der Waals surface area contributed by atoms with E-state index < -0.39 is 0 Å². The number of pyridine rings is 1. The summed E-state index contributed by atoms with van der Waals surface area (Å²) in [5.41, 5.74) is 1.44. The zero-order valence-corrected chi connectivity index (χ0v) is 10.3. The summed E-state index contributed by atoms with van der Waals surface area (Å²) in [5.74, 6) is -0.500. The Kier molecular flexibility index (Phi) is 3.32. The first kappa shape index (κ1) is 12.2. The van der Waals surface area contributed by atoms with Crippen LogP contribution in [-0.2, 0) is 7.05 Å². The van der Waals surface area contributed by atoms with Gasteiger partial charge >= 0.3 is 0 Å². The fourth-order valence-electron chi connectivity index (χ4n) is 1.73. The molecule has 18 heavy (non-hydrogen) atoms. The van der Waals surface area contributed by atoms with Crippen LogP contribution in [0.2, 0.25) is 0 Å². The van der Waals surface area contributed by atoms with Crippen LogP contribution < -0.4 is 0 Å². The first-order chi connectivity index (χ1) is 8.58. The lowest BCUT2D eigenvalue weighted by atomic mass is 10.1. The Morgan fingerprint density at radius 1 is 1.28 bits per heavy atom. The third-order valence-corrected chi connectivity index (χ3v) is 2.59. The van der Waals surface area contributed by atoms with Crippen molar-refractivity contribution in [1.29, 1.82) is 0 Å². The molecular weight excluding hydrogens is 230 g/mol. The standard InChI is InChI=1S/C13H13N3O2/c1-9-10(8-16(2)15-9)12(17)7-13(18)11-5-3-4-6-14-11/h3-6,8H,7H2,1-2H3. The summed E-state index contributed by atoms with van der Waals surface area (Å²) < 4.78 is 1.56. The number of hydrogen-bond donors (Lipinski definition) is 0. The van der Waals surface area contributed by atoms with Crippen LogP contribution in [0.5, 0.6) is 0 Å². The van der Waals surface area contributed by atoms with Crippen molar-refractivity contribution >= 4 is 11.6 Å². The Hall–Kier alpha value is -2.30. The van der Waals surface area contributed by atoms with E-state index in [2.05, 4.69) is 10.1 Å². The summed E-state index contributed by atoms with van der Waals surface area (Å²) in [4.78, 5) is 27.7. The summed E-state index contributed by atoms with van der Waals surface area (Å²) in [6, 6.07) is 5.05. The van der Waals surface area contributed by atoms with Crippen molar-refractivity contribution in [2.24, 2.45) is 7.05 Å². The van der Waals surface area contributed by atoms with E-state index in [1.807, 2.05) is 0 Å². The molecule has 0 N–H and O–H groups in total. The predicted octanol–water partition coefficient (Wildman–Crippen LogP) is 1.58. The number of ketones is 2. The van der Waals surface area contributed by atoms with Crippen molar-refractivity contribution in [2.45, 2.75) is 13.3 Å². The van der Waals surface area contributed by atoms with E-state index in [0.29, 0.717) is 17.0 Å². The van der Waals surface area contributed by atoms with E-state index in [-0.39, 0.29) is 18.0 Å². The van der Waals surface area contributed by atoms with Gasteiger partial charge in [0.1, 0.15) is 5.69 Å². The van der Waals surface area contributed by atoms with Crippen molar-refractivity contribution in [3.8, 4) is 0 Å². The summed E-state index contributed by atoms with van der Waals surface area (Å²) in [6.07, 6.45) is 2.99. The first-order valence-corrected chi connectivity index (χ1v) is 5.55. The lowest BCUT2D eigenvalue weighted by molar-refractivity contribution is 0.0891. The number of carbonyl (C=O) groups is 2. The van der Waals surface area contributed by atoms with Gasteiger partial charge in [0, 0.05) is 19.4 Å². The third kappa shape index (κ3) is 2.51. The molecule has 5 nitrogen and oxygen atoms in total. The predicted molar refractivity (Wildman–Crippen MR) is 65.5 cm³/mol. The minimum atomic E-state index is -0.274. The Bertz CT molecular complexity index is 588. The minimum absolute atomic E-state index is 0.177. The van der Waals surface area contributed by atoms with Crippen molar-refractivity contribution in [3.63, 3.8) is 0 Å². The van der Waals surface area contributed by atoms with Crippen molar-refractivity contribution < 1.29 is 9.59 Å². The lowest BCUT2D eigenvalue weighted by Crippen LogP contribution is -2.10. The van der Waals surface area contributed by atoms with E-state index in [0.717, 1.165) is 0 Å². The maximum atomic E-state index is 12.0. The van der Waals surface area contributed by atoms with E-state index in [1.54, 1.807) is 43.0 Å². The highest BCUT2D eigenvalue weighted by atomic mass is 16.1. The molecule has 0 aliphatic rings. The molecule has 0 amide bonds. The average molecular weight is 243 g/mol. The van der Waals surface area contributed by atoms with Gasteiger partial charge in [0.05, 0.1) is 17.7 Å². The molecule has 0 saturated heterocycles. The molecule has 0 aromatic carbocycles. The second-order valence-corrected chi connectivity index (χ2v) is 4.04. The Balaban J connectivity index is 2.13. The molecule has 2 aromatic heterocycles. The summed E-state index contributed by atoms with van der Waals surface area (Å²) in [6.45, 7) is 1.75. The van der Waals surface area contributed by atoms with Gasteiger partial charge in [-0.05, 0) is 19.1 Å². The highest BCUT2D eigenvalue weighted by molar-refractivity contribution is 6.13. The van der Waals surface area contributed by atoms with E-state index in [4.69, 9.17) is 0 Å². The number of nitrogens with zero attached hydrogens (tertiary/aromatic N) is 3. The maximum Gasteiger partial charge on any atom is 0.188 e. The quantitative estimate of drug-likeness (QED) is 0.604. The SMILES string of the molecule is Cc1nn(C)cc1C(=O)CC(=O)c1ccccn1. The van der Waals surface area contributed by atoms with Crippen LogP contribution in [0.3, 0.4) is 0 Å². The van der Waals surface area contributed by atoms with Crippen LogP contribution in [0.4, 0.5) is 0 Å². The van der Waals surface area contributed by atoms with Crippen LogP contribution in [0, 0.1) is 6.92 Å². The summed E-state index contributed by atoms with van der Waals surface area (Å²) in [7, 11) is 1.74. The molecule has 0 radical (unpaired) electrons. The number of carbonyl (C=O) groups excluding carboxylic acids is 2. The van der Waals surface area contributed by atoms with Crippen molar-refractivity contribution in [3.05, 3.63) is 47.5 Å². The van der Waals surface area contributed by atoms with Crippen molar-refractivity contribution in [2.75, 3.05) is 0 Å². The van der Waals surface area contributed by atoms with Gasteiger partial charge in [-0.3, -0.25) is 19.3 Å². The lowest BCUT2D eigenvalue weighted by Gasteiger charge is -1.99. The molecule has 0 unspecified atom stereocenters. The number of Topliss-reactive ketones (excluding diaryl/α,β-unsaturated/α-hetero) is 2. The second kappa shape index (κ2) is 4.91. The molecule has 0 bridgehead atoms. The number of aromatic nitrogens is 3. The monoisotopic (exact) mass is 243 g/mol. The summed E-state index contributed by atoms with van der Waals surface area (Å²) in [5, 5.41) is 4.08. The van der Waals surface area contributed by atoms with Gasteiger partial charge in [-0.15, -0.1) is 0 Å². The molecule has 92 valence electrons. The van der Waals surface area contributed by atoms with Gasteiger partial charge in [0.2, 0.25) is 0 Å². The van der Waals surface area contributed by atoms with Gasteiger partial charge in [0.15, 0.2) is 11.6 Å². The number of hydrogen-bond acceptors (Lipinski definition) is 4. The highest BCUT2D eigenvalue weighted by Crippen LogP contribution is 2.10. The van der Waals surface area contributed by atoms with Crippen LogP contribution in [0.1, 0.15) is 33.0 Å². The molecule has 0 spiro atoms. The third-order valence-electron chi connectivity index (χ3n) is 2.59. The Labute approximate surface area is 104 Å². The van der Waals surface area contributed by atoms with E-state index in [9.17, 15) is 9.59 Å². The Morgan fingerprint density at radius 3 is 2.61 bits per heavy atom. The normalized spacial score (nSPS) is 10.3. The number of rotatable bonds is 4. The smallest absolute Gasteiger partial charge is 0.188 e. The summed E-state index contributed by atoms with van der Waals surface area (Å²) >= 11 is 0. The zero-order valence-electron chi connectivity index (χ0n) is 10.3. The van der Waals surface area contributed by atoms with Crippen LogP contribution >= 0.6 is 0 Å². The van der Waals surface area contributed by atoms with Crippen LogP contribution in [0.15, 0.2) is 30.6 Å². The number of aryl methyl sites for hydroxylation is 2. The molecule has 0 aliphatic carbocycles. The fourth-order valence-corrected chi connectivity index (χ4v) is 1.73. The highest BCUT2D eigenvalue weighted by Gasteiger charge is 2.17. The molecule has 0 fully saturated rings. The van der Waals surface area contributed by atoms with Gasteiger partial charge in [-0.1, -0.05) is 6.07 Å². The first-order valence-electron chi connectivity index (χ1n) is 5.55. The molecular formula is C13H13N3O2. The largest absolute Gasteiger partial charge is 0.294 e. The molecule has 0 aliphatic heterocycles. The van der Waals surface area contributed by atoms with Gasteiger partial charge in [-0.25, -0.2) is 0 Å². The molecule has 0 atom stereocenters. The zero-order chi connectivity index (χ0) is 13.1. The van der Waals surface area contributed by atoms with Crippen LogP contribution in [-0.4, -0.2) is 26.3 Å². The average Bonchev–Trinajstić information content (AvgIpc) is 2.69. The van der Waals surface area contributed by atoms with Gasteiger partial charge in [0.25, 0.3) is 0 Å².